The maximum Gasteiger partial charge on any atom is 0.241 e. The van der Waals surface area contributed by atoms with Crippen LogP contribution in [-0.2, 0) is 15.2 Å². The van der Waals surface area contributed by atoms with Gasteiger partial charge in [-0.3, -0.25) is 9.59 Å². The fraction of sp³-hybridized carbons (Fsp3) is 0.167. The molecule has 3 aromatic rings. The highest BCUT2D eigenvalue weighted by Gasteiger charge is 2.68. The van der Waals surface area contributed by atoms with Crippen LogP contribution in [0.1, 0.15) is 28.2 Å². The van der Waals surface area contributed by atoms with Gasteiger partial charge in [0.1, 0.15) is 22.9 Å². The van der Waals surface area contributed by atoms with E-state index in [1.807, 2.05) is 24.3 Å². The number of carbonyl (C=O) groups is 2. The van der Waals surface area contributed by atoms with Crippen LogP contribution in [0.25, 0.3) is 0 Å². The summed E-state index contributed by atoms with van der Waals surface area (Å²) >= 11 is 0. The lowest BCUT2D eigenvalue weighted by Gasteiger charge is -2.51. The predicted molar refractivity (Wildman–Crippen MR) is 104 cm³/mol. The highest BCUT2D eigenvalue weighted by molar-refractivity contribution is 6.23. The van der Waals surface area contributed by atoms with Crippen molar-refractivity contribution in [2.75, 3.05) is 4.90 Å². The van der Waals surface area contributed by atoms with Crippen molar-refractivity contribution in [3.8, 4) is 0 Å². The molecule has 0 aromatic heterocycles. The molecule has 1 aliphatic heterocycles. The number of aliphatic hydroxyl groups is 1. The minimum Gasteiger partial charge on any atom is -0.379 e. The molecule has 0 radical (unpaired) electrons. The lowest BCUT2D eigenvalue weighted by Crippen LogP contribution is -2.53. The maximum atomic E-state index is 14.5. The van der Waals surface area contributed by atoms with Gasteiger partial charge in [-0.2, -0.15) is 0 Å². The molecule has 3 aromatic carbocycles. The zero-order chi connectivity index (χ0) is 20.8. The fourth-order valence-electron chi connectivity index (χ4n) is 5.65. The number of anilines is 1. The van der Waals surface area contributed by atoms with Crippen LogP contribution in [-0.4, -0.2) is 16.9 Å². The number of rotatable bonds is 1. The van der Waals surface area contributed by atoms with Crippen LogP contribution in [0.15, 0.2) is 66.7 Å². The molecule has 1 heterocycles. The summed E-state index contributed by atoms with van der Waals surface area (Å²) in [6.07, 6.45) is 0. The van der Waals surface area contributed by atoms with Crippen LogP contribution in [0.3, 0.4) is 0 Å². The van der Waals surface area contributed by atoms with E-state index in [-0.39, 0.29) is 0 Å². The third kappa shape index (κ3) is 1.83. The molecule has 1 fully saturated rings. The maximum absolute atomic E-state index is 14.5. The first kappa shape index (κ1) is 17.5. The first-order valence-corrected chi connectivity index (χ1v) is 9.69. The van der Waals surface area contributed by atoms with E-state index in [9.17, 15) is 23.5 Å². The summed E-state index contributed by atoms with van der Waals surface area (Å²) in [4.78, 5) is 27.5. The molecule has 148 valence electrons. The van der Waals surface area contributed by atoms with Crippen molar-refractivity contribution >= 4 is 17.5 Å². The van der Waals surface area contributed by atoms with E-state index >= 15 is 0 Å². The summed E-state index contributed by atoms with van der Waals surface area (Å²) in [7, 11) is 0. The number of nitrogens with zero attached hydrogens (tertiary/aromatic N) is 1. The smallest absolute Gasteiger partial charge is 0.241 e. The summed E-state index contributed by atoms with van der Waals surface area (Å²) in [6, 6.07) is 17.5. The number of halogens is 2. The van der Waals surface area contributed by atoms with E-state index in [4.69, 9.17) is 0 Å². The standard InChI is InChI=1S/C24H15F2NO3/c25-16-10-5-11-17(26)21(16)27-22(28)19-18-12-6-1-3-8-14(12)24(30,20(19)23(27)29)15-9-4-2-7-13(15)18/h1-11,18-20,30H. The highest BCUT2D eigenvalue weighted by Crippen LogP contribution is 2.63. The molecular formula is C24H15F2NO3. The van der Waals surface area contributed by atoms with Gasteiger partial charge in [-0.05, 0) is 34.4 Å². The van der Waals surface area contributed by atoms with Crippen LogP contribution >= 0.6 is 0 Å². The fourth-order valence-corrected chi connectivity index (χ4v) is 5.65. The van der Waals surface area contributed by atoms with E-state index in [0.29, 0.717) is 16.0 Å². The Morgan fingerprint density at radius 1 is 0.767 bits per heavy atom. The Hall–Kier alpha value is -3.38. The lowest BCUT2D eigenvalue weighted by molar-refractivity contribution is -0.133. The normalized spacial score (nSPS) is 28.4. The minimum absolute atomic E-state index is 0.479. The Balaban J connectivity index is 1.64. The summed E-state index contributed by atoms with van der Waals surface area (Å²) in [5.41, 5.74) is 0.210. The second-order valence-electron chi connectivity index (χ2n) is 8.00. The SMILES string of the molecule is O=C1C2C3c4ccccc4C(O)(c4ccccc43)C2C(=O)N1c1c(F)cccc1F. The van der Waals surface area contributed by atoms with Gasteiger partial charge < -0.3 is 5.11 Å². The first-order valence-electron chi connectivity index (χ1n) is 9.69. The van der Waals surface area contributed by atoms with Crippen LogP contribution in [0, 0.1) is 23.5 Å². The quantitative estimate of drug-likeness (QED) is 0.633. The van der Waals surface area contributed by atoms with Gasteiger partial charge in [-0.25, -0.2) is 13.7 Å². The van der Waals surface area contributed by atoms with Gasteiger partial charge in [0.15, 0.2) is 0 Å². The third-order valence-electron chi connectivity index (χ3n) is 6.73. The molecule has 2 bridgehead atoms. The average Bonchev–Trinajstić information content (AvgIpc) is 3.01. The number of hydrogen-bond acceptors (Lipinski definition) is 3. The van der Waals surface area contributed by atoms with Gasteiger partial charge in [0.25, 0.3) is 0 Å². The molecule has 1 saturated heterocycles. The second-order valence-corrected chi connectivity index (χ2v) is 8.00. The summed E-state index contributed by atoms with van der Waals surface area (Å²) in [5, 5.41) is 12.0. The van der Waals surface area contributed by atoms with Crippen LogP contribution in [0.2, 0.25) is 0 Å². The number of imide groups is 1. The van der Waals surface area contributed by atoms with E-state index in [0.717, 1.165) is 23.3 Å². The number of amides is 2. The molecule has 2 amide bonds. The van der Waals surface area contributed by atoms with Gasteiger partial charge in [-0.15, -0.1) is 0 Å². The van der Waals surface area contributed by atoms with Gasteiger partial charge in [0, 0.05) is 5.92 Å². The Labute approximate surface area is 170 Å². The molecule has 4 aliphatic rings. The largest absolute Gasteiger partial charge is 0.379 e. The first-order chi connectivity index (χ1) is 14.5. The van der Waals surface area contributed by atoms with Crippen molar-refractivity contribution in [3.05, 3.63) is 101 Å². The highest BCUT2D eigenvalue weighted by atomic mass is 19.1. The van der Waals surface area contributed by atoms with Crippen LogP contribution in [0.5, 0.6) is 0 Å². The zero-order valence-corrected chi connectivity index (χ0v) is 15.5. The second kappa shape index (κ2) is 5.61. The molecule has 0 saturated carbocycles. The molecule has 1 N–H and O–H groups in total. The van der Waals surface area contributed by atoms with Crippen molar-refractivity contribution in [1.82, 2.24) is 0 Å². The van der Waals surface area contributed by atoms with E-state index in [1.54, 1.807) is 24.3 Å². The zero-order valence-electron chi connectivity index (χ0n) is 15.5. The molecular weight excluding hydrogens is 388 g/mol. The molecule has 30 heavy (non-hydrogen) atoms. The van der Waals surface area contributed by atoms with Crippen molar-refractivity contribution in [1.29, 1.82) is 0 Å². The number of para-hydroxylation sites is 1. The monoisotopic (exact) mass is 403 g/mol. The number of carbonyl (C=O) groups excluding carboxylic acids is 2. The van der Waals surface area contributed by atoms with Crippen molar-refractivity contribution in [2.24, 2.45) is 11.8 Å². The minimum atomic E-state index is -1.75. The molecule has 3 aliphatic carbocycles. The van der Waals surface area contributed by atoms with Gasteiger partial charge in [0.05, 0.1) is 11.8 Å². The predicted octanol–water partition coefficient (Wildman–Crippen LogP) is 3.47. The average molecular weight is 403 g/mol. The van der Waals surface area contributed by atoms with E-state index < -0.39 is 52.5 Å². The third-order valence-corrected chi connectivity index (χ3v) is 6.73. The molecule has 7 rings (SSSR count). The lowest BCUT2D eigenvalue weighted by atomic mass is 9.52. The van der Waals surface area contributed by atoms with Crippen LogP contribution < -0.4 is 4.90 Å². The van der Waals surface area contributed by atoms with Crippen LogP contribution in [0.4, 0.5) is 14.5 Å². The van der Waals surface area contributed by atoms with Gasteiger partial charge in [-0.1, -0.05) is 54.6 Å². The summed E-state index contributed by atoms with van der Waals surface area (Å²) in [5.74, 6) is -6.04. The van der Waals surface area contributed by atoms with Crippen molar-refractivity contribution in [3.63, 3.8) is 0 Å². The molecule has 0 spiro atoms. The Kier molecular flexibility index (Phi) is 3.27. The summed E-state index contributed by atoms with van der Waals surface area (Å²) in [6.45, 7) is 0. The number of hydrogen-bond donors (Lipinski definition) is 1. The van der Waals surface area contributed by atoms with E-state index in [2.05, 4.69) is 0 Å². The van der Waals surface area contributed by atoms with Gasteiger partial charge >= 0.3 is 0 Å². The topological polar surface area (TPSA) is 57.6 Å². The van der Waals surface area contributed by atoms with Crippen molar-refractivity contribution in [2.45, 2.75) is 11.5 Å². The Bertz CT molecular complexity index is 1200. The van der Waals surface area contributed by atoms with E-state index in [1.165, 1.54) is 6.07 Å². The number of benzene rings is 3. The molecule has 2 unspecified atom stereocenters. The molecule has 6 heteroatoms. The molecule has 2 atom stereocenters. The summed E-state index contributed by atoms with van der Waals surface area (Å²) < 4.78 is 29.0. The van der Waals surface area contributed by atoms with Crippen molar-refractivity contribution < 1.29 is 23.5 Å². The van der Waals surface area contributed by atoms with Gasteiger partial charge in [0.2, 0.25) is 11.8 Å². The Morgan fingerprint density at radius 3 is 1.87 bits per heavy atom. The Morgan fingerprint density at radius 2 is 1.30 bits per heavy atom. The molecule has 4 nitrogen and oxygen atoms in total.